The van der Waals surface area contributed by atoms with E-state index in [1.807, 2.05) is 24.3 Å². The molecule has 1 amide bonds. The fraction of sp³-hybridized carbons (Fsp3) is 0.471. The largest absolute Gasteiger partial charge is 0.350 e. The standard InChI is InChI=1S/C17H23BrN2O/c1-11(2)7-6-8-12(3)19-17(21)16-15(18)13-9-4-5-10-14(13)20-16/h4-5,9-12,20H,6-8H2,1-3H3,(H,19,21). The van der Waals surface area contributed by atoms with E-state index in [2.05, 4.69) is 47.0 Å². The van der Waals surface area contributed by atoms with Gasteiger partial charge in [0.1, 0.15) is 5.69 Å². The molecule has 0 fully saturated rings. The number of aromatic amines is 1. The van der Waals surface area contributed by atoms with Gasteiger partial charge in [0.05, 0.1) is 4.47 Å². The van der Waals surface area contributed by atoms with Crippen molar-refractivity contribution in [1.82, 2.24) is 10.3 Å². The van der Waals surface area contributed by atoms with Crippen LogP contribution in [-0.2, 0) is 0 Å². The first-order valence-electron chi connectivity index (χ1n) is 7.56. The summed E-state index contributed by atoms with van der Waals surface area (Å²) in [6.07, 6.45) is 3.37. The molecule has 0 aliphatic heterocycles. The van der Waals surface area contributed by atoms with Crippen LogP contribution in [0.15, 0.2) is 28.7 Å². The average molecular weight is 351 g/mol. The summed E-state index contributed by atoms with van der Waals surface area (Å²) < 4.78 is 0.838. The number of benzene rings is 1. The van der Waals surface area contributed by atoms with Crippen molar-refractivity contribution in [1.29, 1.82) is 0 Å². The Morgan fingerprint density at radius 1 is 1.24 bits per heavy atom. The molecule has 4 heteroatoms. The zero-order chi connectivity index (χ0) is 15.4. The number of hydrogen-bond donors (Lipinski definition) is 2. The molecule has 1 unspecified atom stereocenters. The molecular weight excluding hydrogens is 328 g/mol. The molecule has 0 saturated carbocycles. The third-order valence-electron chi connectivity index (χ3n) is 3.67. The van der Waals surface area contributed by atoms with Crippen LogP contribution in [0.4, 0.5) is 0 Å². The van der Waals surface area contributed by atoms with E-state index in [9.17, 15) is 4.79 Å². The Morgan fingerprint density at radius 2 is 1.95 bits per heavy atom. The molecule has 0 radical (unpaired) electrons. The third-order valence-corrected chi connectivity index (χ3v) is 4.49. The lowest BCUT2D eigenvalue weighted by molar-refractivity contribution is 0.0933. The predicted molar refractivity (Wildman–Crippen MR) is 91.6 cm³/mol. The number of H-pyrrole nitrogens is 1. The predicted octanol–water partition coefficient (Wildman–Crippen LogP) is 4.88. The number of aromatic nitrogens is 1. The highest BCUT2D eigenvalue weighted by molar-refractivity contribution is 9.10. The highest BCUT2D eigenvalue weighted by Gasteiger charge is 2.17. The van der Waals surface area contributed by atoms with Gasteiger partial charge >= 0.3 is 0 Å². The highest BCUT2D eigenvalue weighted by Crippen LogP contribution is 2.27. The Morgan fingerprint density at radius 3 is 2.62 bits per heavy atom. The Kier molecular flexibility index (Phi) is 5.45. The van der Waals surface area contributed by atoms with E-state index in [-0.39, 0.29) is 11.9 Å². The second-order valence-electron chi connectivity index (χ2n) is 6.06. The van der Waals surface area contributed by atoms with E-state index in [0.29, 0.717) is 5.69 Å². The van der Waals surface area contributed by atoms with Crippen molar-refractivity contribution in [3.8, 4) is 0 Å². The van der Waals surface area contributed by atoms with Gasteiger partial charge in [-0.15, -0.1) is 0 Å². The average Bonchev–Trinajstić information content (AvgIpc) is 2.76. The molecule has 0 aliphatic carbocycles. The van der Waals surface area contributed by atoms with Gasteiger partial charge in [-0.25, -0.2) is 0 Å². The van der Waals surface area contributed by atoms with Crippen molar-refractivity contribution in [3.05, 3.63) is 34.4 Å². The van der Waals surface area contributed by atoms with Gasteiger partial charge in [0.15, 0.2) is 0 Å². The first kappa shape index (κ1) is 16.1. The topological polar surface area (TPSA) is 44.9 Å². The minimum atomic E-state index is -0.0462. The Bertz CT molecular complexity index is 618. The summed E-state index contributed by atoms with van der Waals surface area (Å²) in [6.45, 7) is 6.52. The SMILES string of the molecule is CC(C)CCCC(C)NC(=O)c1[nH]c2ccccc2c1Br. The van der Waals surface area contributed by atoms with Crippen molar-refractivity contribution < 1.29 is 4.79 Å². The number of para-hydroxylation sites is 1. The maximum atomic E-state index is 12.4. The number of hydrogen-bond acceptors (Lipinski definition) is 1. The fourth-order valence-electron chi connectivity index (χ4n) is 2.46. The number of halogens is 1. The molecule has 2 aromatic rings. The van der Waals surface area contributed by atoms with Gasteiger partial charge in [0.25, 0.3) is 5.91 Å². The molecule has 1 aromatic carbocycles. The summed E-state index contributed by atoms with van der Waals surface area (Å²) in [5.74, 6) is 0.672. The Balaban J connectivity index is 2.00. The molecular formula is C17H23BrN2O. The van der Waals surface area contributed by atoms with Crippen molar-refractivity contribution in [2.45, 2.75) is 46.1 Å². The van der Waals surface area contributed by atoms with Crippen molar-refractivity contribution in [3.63, 3.8) is 0 Å². The normalized spacial score (nSPS) is 12.8. The number of rotatable bonds is 6. The number of carbonyl (C=O) groups is 1. The van der Waals surface area contributed by atoms with Crippen molar-refractivity contribution >= 4 is 32.7 Å². The minimum absolute atomic E-state index is 0.0462. The lowest BCUT2D eigenvalue weighted by Crippen LogP contribution is -2.33. The molecule has 1 aromatic heterocycles. The number of fused-ring (bicyclic) bond motifs is 1. The smallest absolute Gasteiger partial charge is 0.269 e. The number of carbonyl (C=O) groups excluding carboxylic acids is 1. The molecule has 2 rings (SSSR count). The highest BCUT2D eigenvalue weighted by atomic mass is 79.9. The number of nitrogens with one attached hydrogen (secondary N) is 2. The summed E-state index contributed by atoms with van der Waals surface area (Å²) in [7, 11) is 0. The Hall–Kier alpha value is -1.29. The summed E-state index contributed by atoms with van der Waals surface area (Å²) >= 11 is 3.52. The summed E-state index contributed by atoms with van der Waals surface area (Å²) in [5.41, 5.74) is 1.58. The van der Waals surface area contributed by atoms with Gasteiger partial charge in [-0.2, -0.15) is 0 Å². The maximum absolute atomic E-state index is 12.4. The maximum Gasteiger partial charge on any atom is 0.269 e. The lowest BCUT2D eigenvalue weighted by Gasteiger charge is -2.14. The summed E-state index contributed by atoms with van der Waals surface area (Å²) in [5, 5.41) is 4.11. The van der Waals surface area contributed by atoms with Gasteiger partial charge in [0.2, 0.25) is 0 Å². The van der Waals surface area contributed by atoms with E-state index in [1.165, 1.54) is 6.42 Å². The second kappa shape index (κ2) is 7.12. The zero-order valence-electron chi connectivity index (χ0n) is 12.9. The molecule has 0 saturated heterocycles. The van der Waals surface area contributed by atoms with Gasteiger partial charge in [-0.3, -0.25) is 4.79 Å². The summed E-state index contributed by atoms with van der Waals surface area (Å²) in [4.78, 5) is 15.6. The van der Waals surface area contributed by atoms with E-state index in [1.54, 1.807) is 0 Å². The molecule has 114 valence electrons. The molecule has 2 N–H and O–H groups in total. The Labute approximate surface area is 134 Å². The van der Waals surface area contributed by atoms with Crippen LogP contribution in [0.3, 0.4) is 0 Å². The van der Waals surface area contributed by atoms with Crippen molar-refractivity contribution in [2.75, 3.05) is 0 Å². The van der Waals surface area contributed by atoms with E-state index in [0.717, 1.165) is 34.1 Å². The summed E-state index contributed by atoms with van der Waals surface area (Å²) in [6, 6.07) is 8.09. The van der Waals surface area contributed by atoms with Crippen LogP contribution in [-0.4, -0.2) is 16.9 Å². The van der Waals surface area contributed by atoms with Crippen LogP contribution >= 0.6 is 15.9 Å². The zero-order valence-corrected chi connectivity index (χ0v) is 14.5. The quantitative estimate of drug-likeness (QED) is 0.766. The van der Waals surface area contributed by atoms with Crippen LogP contribution in [0.1, 0.15) is 50.5 Å². The molecule has 0 bridgehead atoms. The third kappa shape index (κ3) is 4.10. The molecule has 1 atom stereocenters. The molecule has 21 heavy (non-hydrogen) atoms. The lowest BCUT2D eigenvalue weighted by atomic mass is 10.0. The molecule has 0 spiro atoms. The van der Waals surface area contributed by atoms with Gasteiger partial charge in [-0.05, 0) is 41.3 Å². The molecule has 1 heterocycles. The monoisotopic (exact) mass is 350 g/mol. The number of amides is 1. The fourth-order valence-corrected chi connectivity index (χ4v) is 3.09. The molecule has 0 aliphatic rings. The minimum Gasteiger partial charge on any atom is -0.350 e. The van der Waals surface area contributed by atoms with Gasteiger partial charge in [0, 0.05) is 16.9 Å². The van der Waals surface area contributed by atoms with Crippen LogP contribution < -0.4 is 5.32 Å². The van der Waals surface area contributed by atoms with Crippen LogP contribution in [0.2, 0.25) is 0 Å². The first-order valence-corrected chi connectivity index (χ1v) is 8.35. The van der Waals surface area contributed by atoms with E-state index >= 15 is 0 Å². The van der Waals surface area contributed by atoms with Gasteiger partial charge < -0.3 is 10.3 Å². The first-order chi connectivity index (χ1) is 9.99. The second-order valence-corrected chi connectivity index (χ2v) is 6.85. The van der Waals surface area contributed by atoms with E-state index in [4.69, 9.17) is 0 Å². The van der Waals surface area contributed by atoms with Gasteiger partial charge in [-0.1, -0.05) is 44.9 Å². The van der Waals surface area contributed by atoms with Crippen LogP contribution in [0, 0.1) is 5.92 Å². The molecule has 3 nitrogen and oxygen atoms in total. The van der Waals surface area contributed by atoms with Crippen molar-refractivity contribution in [2.24, 2.45) is 5.92 Å². The van der Waals surface area contributed by atoms with E-state index < -0.39 is 0 Å². The van der Waals surface area contributed by atoms with Crippen LogP contribution in [0.5, 0.6) is 0 Å². The van der Waals surface area contributed by atoms with Crippen LogP contribution in [0.25, 0.3) is 10.9 Å².